The van der Waals surface area contributed by atoms with Gasteiger partial charge in [-0.2, -0.15) is 0 Å². The van der Waals surface area contributed by atoms with Crippen LogP contribution in [0.25, 0.3) is 0 Å². The van der Waals surface area contributed by atoms with Crippen molar-refractivity contribution in [1.82, 2.24) is 5.01 Å². The lowest BCUT2D eigenvalue weighted by molar-refractivity contribution is 0.0580. The second kappa shape index (κ2) is 4.75. The SMILES string of the molecule is COc1cccc(C(=O)N(N)C(C)(C)C)c1C. The zero-order chi connectivity index (χ0) is 13.2. The van der Waals surface area contributed by atoms with Gasteiger partial charge in [0.25, 0.3) is 5.91 Å². The van der Waals surface area contributed by atoms with Gasteiger partial charge in [-0.05, 0) is 39.8 Å². The van der Waals surface area contributed by atoms with Crippen LogP contribution in [-0.4, -0.2) is 23.6 Å². The van der Waals surface area contributed by atoms with E-state index >= 15 is 0 Å². The van der Waals surface area contributed by atoms with E-state index in [1.165, 1.54) is 5.01 Å². The third-order valence-corrected chi connectivity index (χ3v) is 2.68. The van der Waals surface area contributed by atoms with Gasteiger partial charge in [0.1, 0.15) is 5.75 Å². The summed E-state index contributed by atoms with van der Waals surface area (Å²) in [6.45, 7) is 7.52. The summed E-state index contributed by atoms with van der Waals surface area (Å²) in [4.78, 5) is 12.2. The number of methoxy groups -OCH3 is 1. The fraction of sp³-hybridized carbons (Fsp3) is 0.462. The van der Waals surface area contributed by atoms with Gasteiger partial charge in [0, 0.05) is 11.1 Å². The highest BCUT2D eigenvalue weighted by atomic mass is 16.5. The van der Waals surface area contributed by atoms with E-state index in [0.717, 1.165) is 5.56 Å². The summed E-state index contributed by atoms with van der Waals surface area (Å²) in [6.07, 6.45) is 0. The first-order valence-electron chi connectivity index (χ1n) is 5.52. The second-order valence-corrected chi connectivity index (χ2v) is 4.98. The van der Waals surface area contributed by atoms with Crippen LogP contribution in [0.1, 0.15) is 36.7 Å². The normalized spacial score (nSPS) is 11.2. The van der Waals surface area contributed by atoms with Gasteiger partial charge >= 0.3 is 0 Å². The van der Waals surface area contributed by atoms with Crippen molar-refractivity contribution in [3.63, 3.8) is 0 Å². The molecule has 1 rings (SSSR count). The van der Waals surface area contributed by atoms with Crippen molar-refractivity contribution in [2.75, 3.05) is 7.11 Å². The number of rotatable bonds is 2. The van der Waals surface area contributed by atoms with Crippen LogP contribution in [0.4, 0.5) is 0 Å². The molecule has 1 aromatic rings. The highest BCUT2D eigenvalue weighted by Gasteiger charge is 2.25. The first kappa shape index (κ1) is 13.5. The topological polar surface area (TPSA) is 55.6 Å². The molecule has 0 radical (unpaired) electrons. The van der Waals surface area contributed by atoms with Crippen molar-refractivity contribution < 1.29 is 9.53 Å². The van der Waals surface area contributed by atoms with Gasteiger partial charge in [0.2, 0.25) is 0 Å². The van der Waals surface area contributed by atoms with Crippen LogP contribution >= 0.6 is 0 Å². The van der Waals surface area contributed by atoms with Crippen molar-refractivity contribution in [2.24, 2.45) is 5.84 Å². The average Bonchev–Trinajstić information content (AvgIpc) is 2.26. The van der Waals surface area contributed by atoms with Crippen LogP contribution in [-0.2, 0) is 0 Å². The molecular weight excluding hydrogens is 216 g/mol. The molecule has 1 aromatic carbocycles. The van der Waals surface area contributed by atoms with Gasteiger partial charge in [-0.1, -0.05) is 6.07 Å². The molecule has 0 saturated carbocycles. The molecular formula is C13H20N2O2. The summed E-state index contributed by atoms with van der Waals surface area (Å²) in [5, 5.41) is 1.24. The molecule has 0 spiro atoms. The summed E-state index contributed by atoms with van der Waals surface area (Å²) < 4.78 is 5.19. The highest BCUT2D eigenvalue weighted by molar-refractivity contribution is 5.96. The Hall–Kier alpha value is -1.55. The van der Waals surface area contributed by atoms with Gasteiger partial charge in [0.15, 0.2) is 0 Å². The lowest BCUT2D eigenvalue weighted by Crippen LogP contribution is -2.50. The molecule has 1 amide bonds. The zero-order valence-corrected chi connectivity index (χ0v) is 11.1. The number of hydrogen-bond donors (Lipinski definition) is 1. The average molecular weight is 236 g/mol. The Labute approximate surface area is 102 Å². The molecule has 0 heterocycles. The number of benzene rings is 1. The first-order chi connectivity index (χ1) is 7.79. The van der Waals surface area contributed by atoms with E-state index in [-0.39, 0.29) is 5.91 Å². The Morgan fingerprint density at radius 1 is 1.35 bits per heavy atom. The fourth-order valence-corrected chi connectivity index (χ4v) is 1.50. The van der Waals surface area contributed by atoms with Gasteiger partial charge in [-0.3, -0.25) is 9.80 Å². The molecule has 0 aliphatic rings. The Morgan fingerprint density at radius 3 is 2.41 bits per heavy atom. The zero-order valence-electron chi connectivity index (χ0n) is 11.1. The number of nitrogens with zero attached hydrogens (tertiary/aromatic N) is 1. The van der Waals surface area contributed by atoms with Gasteiger partial charge in [0.05, 0.1) is 12.6 Å². The summed E-state index contributed by atoms with van der Waals surface area (Å²) in [5.74, 6) is 6.32. The van der Waals surface area contributed by atoms with Crippen molar-refractivity contribution in [3.8, 4) is 5.75 Å². The molecule has 0 saturated heterocycles. The lowest BCUT2D eigenvalue weighted by Gasteiger charge is -2.31. The number of carbonyl (C=O) groups excluding carboxylic acids is 1. The van der Waals surface area contributed by atoms with Gasteiger partial charge < -0.3 is 4.74 Å². The maximum Gasteiger partial charge on any atom is 0.268 e. The van der Waals surface area contributed by atoms with Crippen LogP contribution in [0.2, 0.25) is 0 Å². The fourth-order valence-electron chi connectivity index (χ4n) is 1.50. The number of nitrogens with two attached hydrogens (primary N) is 1. The Bertz CT molecular complexity index is 422. The van der Waals surface area contributed by atoms with Gasteiger partial charge in [-0.25, -0.2) is 5.84 Å². The third kappa shape index (κ3) is 2.77. The first-order valence-corrected chi connectivity index (χ1v) is 5.52. The highest BCUT2D eigenvalue weighted by Crippen LogP contribution is 2.23. The van der Waals surface area contributed by atoms with Crippen LogP contribution in [0.15, 0.2) is 18.2 Å². The minimum atomic E-state index is -0.410. The van der Waals surface area contributed by atoms with Crippen molar-refractivity contribution >= 4 is 5.91 Å². The molecule has 4 nitrogen and oxygen atoms in total. The van der Waals surface area contributed by atoms with Crippen molar-refractivity contribution in [3.05, 3.63) is 29.3 Å². The van der Waals surface area contributed by atoms with E-state index in [9.17, 15) is 4.79 Å². The molecule has 0 aromatic heterocycles. The number of ether oxygens (including phenoxy) is 1. The van der Waals surface area contributed by atoms with Gasteiger partial charge in [-0.15, -0.1) is 0 Å². The second-order valence-electron chi connectivity index (χ2n) is 4.98. The minimum Gasteiger partial charge on any atom is -0.496 e. The monoisotopic (exact) mass is 236 g/mol. The number of hydrazine groups is 1. The maximum absolute atomic E-state index is 12.2. The number of carbonyl (C=O) groups is 1. The largest absolute Gasteiger partial charge is 0.496 e. The van der Waals surface area contributed by atoms with E-state index in [4.69, 9.17) is 10.6 Å². The predicted octanol–water partition coefficient (Wildman–Crippen LogP) is 2.12. The number of hydrogen-bond acceptors (Lipinski definition) is 3. The smallest absolute Gasteiger partial charge is 0.268 e. The van der Waals surface area contributed by atoms with Crippen LogP contribution in [0, 0.1) is 6.92 Å². The predicted molar refractivity (Wildman–Crippen MR) is 67.8 cm³/mol. The molecule has 0 fully saturated rings. The minimum absolute atomic E-state index is 0.200. The van der Waals surface area contributed by atoms with E-state index in [0.29, 0.717) is 11.3 Å². The lowest BCUT2D eigenvalue weighted by atomic mass is 10.0. The van der Waals surface area contributed by atoms with Crippen LogP contribution < -0.4 is 10.6 Å². The van der Waals surface area contributed by atoms with E-state index in [1.54, 1.807) is 19.2 Å². The van der Waals surface area contributed by atoms with E-state index < -0.39 is 5.54 Å². The summed E-state index contributed by atoms with van der Waals surface area (Å²) >= 11 is 0. The summed E-state index contributed by atoms with van der Waals surface area (Å²) in [5.41, 5.74) is 0.966. The van der Waals surface area contributed by atoms with Crippen LogP contribution in [0.3, 0.4) is 0 Å². The van der Waals surface area contributed by atoms with E-state index in [1.807, 2.05) is 33.8 Å². The molecule has 0 aliphatic carbocycles. The molecule has 94 valence electrons. The Balaban J connectivity index is 3.13. The third-order valence-electron chi connectivity index (χ3n) is 2.68. The molecule has 0 bridgehead atoms. The molecule has 2 N–H and O–H groups in total. The van der Waals surface area contributed by atoms with Crippen molar-refractivity contribution in [1.29, 1.82) is 0 Å². The molecule has 17 heavy (non-hydrogen) atoms. The standard InChI is InChI=1S/C13H20N2O2/c1-9-10(7-6-8-11(9)17-5)12(16)15(14)13(2,3)4/h6-8H,14H2,1-5H3. The quantitative estimate of drug-likeness (QED) is 0.486. The van der Waals surface area contributed by atoms with Crippen LogP contribution in [0.5, 0.6) is 5.75 Å². The molecule has 4 heteroatoms. The molecule has 0 aliphatic heterocycles. The summed E-state index contributed by atoms with van der Waals surface area (Å²) in [7, 11) is 1.58. The Kier molecular flexibility index (Phi) is 3.78. The van der Waals surface area contributed by atoms with Crippen molar-refractivity contribution in [2.45, 2.75) is 33.2 Å². The summed E-state index contributed by atoms with van der Waals surface area (Å²) in [6, 6.07) is 5.37. The number of amides is 1. The maximum atomic E-state index is 12.2. The molecule has 0 atom stereocenters. The molecule has 0 unspecified atom stereocenters. The Morgan fingerprint density at radius 2 is 1.94 bits per heavy atom. The van der Waals surface area contributed by atoms with E-state index in [2.05, 4.69) is 0 Å².